The van der Waals surface area contributed by atoms with E-state index in [0.717, 1.165) is 0 Å². The Labute approximate surface area is 156 Å². The topological polar surface area (TPSA) is 173 Å². The monoisotopic (exact) mass is 396 g/mol. The van der Waals surface area contributed by atoms with Crippen LogP contribution in [0.25, 0.3) is 0 Å². The van der Waals surface area contributed by atoms with Crippen molar-refractivity contribution in [3.63, 3.8) is 0 Å². The van der Waals surface area contributed by atoms with Gasteiger partial charge in [-0.15, -0.1) is 18.3 Å². The third-order valence-corrected chi connectivity index (χ3v) is 5.81. The average molecular weight is 396 g/mol. The minimum Gasteiger partial charge on any atom is -0.481 e. The molecule has 1 aromatic heterocycles. The van der Waals surface area contributed by atoms with Crippen LogP contribution in [-0.2, 0) is 19.2 Å². The number of β-lactam (4-membered cyclic amide) rings is 1. The Morgan fingerprint density at radius 1 is 1.63 bits per heavy atom. The van der Waals surface area contributed by atoms with Crippen LogP contribution in [0.15, 0.2) is 22.3 Å². The number of rotatable bonds is 6. The molecule has 0 spiro atoms. The average Bonchev–Trinajstić information content (AvgIpc) is 3.08. The van der Waals surface area contributed by atoms with Gasteiger partial charge >= 0.3 is 12.0 Å². The molecule has 3 atom stereocenters. The number of nitrogens with two attached hydrogens (primary N) is 1. The first-order valence-electron chi connectivity index (χ1n) is 7.63. The van der Waals surface area contributed by atoms with Gasteiger partial charge < -0.3 is 30.4 Å². The van der Waals surface area contributed by atoms with E-state index in [0.29, 0.717) is 0 Å². The lowest BCUT2D eigenvalue weighted by Crippen LogP contribution is -2.73. The molecular formula is C14H16N6O6S. The molecule has 2 unspecified atom stereocenters. The quantitative estimate of drug-likeness (QED) is 0.226. The molecule has 144 valence electrons. The van der Waals surface area contributed by atoms with Crippen LogP contribution in [0.1, 0.15) is 5.82 Å². The van der Waals surface area contributed by atoms with Crippen molar-refractivity contribution in [1.29, 1.82) is 0 Å². The maximum absolute atomic E-state index is 12.5. The van der Waals surface area contributed by atoms with Crippen LogP contribution < -0.4 is 11.1 Å². The summed E-state index contributed by atoms with van der Waals surface area (Å²) in [5, 5.41) is 18.6. The maximum atomic E-state index is 12.5. The number of nitrogens with one attached hydrogen (secondary N) is 1. The largest absolute Gasteiger partial charge is 0.481 e. The van der Waals surface area contributed by atoms with Gasteiger partial charge in [-0.2, -0.15) is 4.98 Å². The van der Waals surface area contributed by atoms with Gasteiger partial charge in [0, 0.05) is 12.3 Å². The second-order valence-electron chi connectivity index (χ2n) is 5.86. The van der Waals surface area contributed by atoms with Gasteiger partial charge in [-0.1, -0.05) is 16.4 Å². The Morgan fingerprint density at radius 3 is 2.93 bits per heavy atom. The van der Waals surface area contributed by atoms with Gasteiger partial charge in [0.15, 0.2) is 0 Å². The number of fused-ring (bicyclic) bond motifs is 1. The number of anilines is 1. The minimum atomic E-state index is -1.21. The summed E-state index contributed by atoms with van der Waals surface area (Å²) in [6, 6.07) is -1.10. The Balaban J connectivity index is 1.72. The number of nitrogens with zero attached hydrogens (tertiary/aromatic N) is 4. The third kappa shape index (κ3) is 3.09. The molecule has 4 N–H and O–H groups in total. The third-order valence-electron chi connectivity index (χ3n) is 4.26. The molecule has 27 heavy (non-hydrogen) atoms. The predicted octanol–water partition coefficient (Wildman–Crippen LogP) is -1.34. The molecule has 3 heterocycles. The molecule has 0 saturated carbocycles. The molecule has 2 aliphatic rings. The maximum Gasteiger partial charge on any atom is 0.319 e. The van der Waals surface area contributed by atoms with E-state index in [-0.39, 0.29) is 29.8 Å². The van der Waals surface area contributed by atoms with Crippen LogP contribution in [0.5, 0.6) is 0 Å². The van der Waals surface area contributed by atoms with Gasteiger partial charge in [0.1, 0.15) is 23.9 Å². The number of hydrogen-bond acceptors (Lipinski definition) is 10. The zero-order chi connectivity index (χ0) is 19.8. The summed E-state index contributed by atoms with van der Waals surface area (Å²) < 4.78 is 4.61. The van der Waals surface area contributed by atoms with Crippen LogP contribution in [0.2, 0.25) is 0 Å². The summed E-state index contributed by atoms with van der Waals surface area (Å²) in [4.78, 5) is 46.1. The van der Waals surface area contributed by atoms with E-state index in [1.807, 2.05) is 0 Å². The molecule has 0 radical (unpaired) electrons. The molecule has 2 amide bonds. The molecule has 0 aliphatic carbocycles. The summed E-state index contributed by atoms with van der Waals surface area (Å²) in [6.45, 7) is 3.56. The highest BCUT2D eigenvalue weighted by molar-refractivity contribution is 8.00. The molecule has 13 heteroatoms. The van der Waals surface area contributed by atoms with Gasteiger partial charge in [0.2, 0.25) is 17.4 Å². The van der Waals surface area contributed by atoms with Crippen molar-refractivity contribution in [2.24, 2.45) is 10.6 Å². The molecule has 2 fully saturated rings. The lowest BCUT2D eigenvalue weighted by Gasteiger charge is -2.53. The number of aromatic nitrogens is 2. The zero-order valence-corrected chi connectivity index (χ0v) is 14.9. The number of carbonyl (C=O) groups excluding carboxylic acids is 2. The molecule has 2 saturated heterocycles. The van der Waals surface area contributed by atoms with Gasteiger partial charge in [-0.05, 0) is 0 Å². The Kier molecular flexibility index (Phi) is 4.78. The van der Waals surface area contributed by atoms with Gasteiger partial charge in [0.25, 0.3) is 5.91 Å². The first kappa shape index (κ1) is 18.7. The van der Waals surface area contributed by atoms with Crippen molar-refractivity contribution in [1.82, 2.24) is 20.4 Å². The van der Waals surface area contributed by atoms with E-state index < -0.39 is 34.6 Å². The molecule has 0 bridgehead atoms. The van der Waals surface area contributed by atoms with Crippen LogP contribution in [-0.4, -0.2) is 74.5 Å². The summed E-state index contributed by atoms with van der Waals surface area (Å²) in [7, 11) is 1.23. The van der Waals surface area contributed by atoms with E-state index in [1.165, 1.54) is 29.8 Å². The normalized spacial score (nSPS) is 27.4. The SMILES string of the molecule is C=CC1(C(=O)O)CS[C@@H]2C(NC(=O)C(=NOC)c3noc(N)n3)C(=O)N2C1. The Bertz CT molecular complexity index is 840. The highest BCUT2D eigenvalue weighted by Gasteiger charge is 2.56. The standard InChI is InChI=1S/C14H16N6O6S/c1-3-14(12(23)24)4-20-10(22)7(11(20)27-5-14)16-9(21)6(18-25-2)8-17-13(15)26-19-8/h3,7,11H,1,4-5H2,2H3,(H,16,21)(H,23,24)(H2,15,17,19)/t7?,11-,14?/m1/s1. The second-order valence-corrected chi connectivity index (χ2v) is 6.97. The summed E-state index contributed by atoms with van der Waals surface area (Å²) in [6.07, 6.45) is 1.34. The van der Waals surface area contributed by atoms with Gasteiger partial charge in [0.05, 0.1) is 0 Å². The zero-order valence-electron chi connectivity index (χ0n) is 14.1. The smallest absolute Gasteiger partial charge is 0.319 e. The number of carbonyl (C=O) groups is 3. The number of nitrogen functional groups attached to an aromatic ring is 1. The summed E-state index contributed by atoms with van der Waals surface area (Å²) >= 11 is 1.25. The van der Waals surface area contributed by atoms with Gasteiger partial charge in [-0.25, -0.2) is 0 Å². The first-order chi connectivity index (χ1) is 12.8. The molecular weight excluding hydrogens is 380 g/mol. The number of oxime groups is 1. The number of carboxylic acid groups (broad SMARTS) is 1. The molecule has 1 aromatic rings. The second kappa shape index (κ2) is 6.90. The van der Waals surface area contributed by atoms with E-state index in [4.69, 9.17) is 5.73 Å². The number of aliphatic carboxylic acids is 1. The van der Waals surface area contributed by atoms with Crippen molar-refractivity contribution >= 4 is 41.3 Å². The number of hydrogen-bond donors (Lipinski definition) is 3. The number of carboxylic acids is 1. The van der Waals surface area contributed by atoms with Crippen LogP contribution in [0.3, 0.4) is 0 Å². The molecule has 3 rings (SSSR count). The van der Waals surface area contributed by atoms with Crippen LogP contribution in [0.4, 0.5) is 6.01 Å². The fourth-order valence-electron chi connectivity index (χ4n) is 2.75. The predicted molar refractivity (Wildman–Crippen MR) is 92.4 cm³/mol. The van der Waals surface area contributed by atoms with Crippen molar-refractivity contribution in [3.05, 3.63) is 18.5 Å². The Morgan fingerprint density at radius 2 is 2.37 bits per heavy atom. The minimum absolute atomic E-state index is 0.00486. The first-order valence-corrected chi connectivity index (χ1v) is 8.68. The van der Waals surface area contributed by atoms with Crippen molar-refractivity contribution in [2.45, 2.75) is 11.4 Å². The number of amides is 2. The van der Waals surface area contributed by atoms with Crippen molar-refractivity contribution < 1.29 is 28.9 Å². The van der Waals surface area contributed by atoms with Gasteiger partial charge in [-0.3, -0.25) is 14.4 Å². The van der Waals surface area contributed by atoms with E-state index in [2.05, 4.69) is 36.6 Å². The van der Waals surface area contributed by atoms with Crippen LogP contribution >= 0.6 is 11.8 Å². The molecule has 0 aromatic carbocycles. The number of thioether (sulfide) groups is 1. The fraction of sp³-hybridized carbons (Fsp3) is 0.429. The fourth-order valence-corrected chi connectivity index (χ4v) is 4.29. The van der Waals surface area contributed by atoms with Crippen molar-refractivity contribution in [2.75, 3.05) is 25.1 Å². The molecule has 12 nitrogen and oxygen atoms in total. The van der Waals surface area contributed by atoms with E-state index in [1.54, 1.807) is 0 Å². The lowest BCUT2D eigenvalue weighted by atomic mass is 9.87. The van der Waals surface area contributed by atoms with Crippen LogP contribution in [0, 0.1) is 5.41 Å². The lowest BCUT2D eigenvalue weighted by molar-refractivity contribution is -0.156. The highest BCUT2D eigenvalue weighted by Crippen LogP contribution is 2.42. The highest BCUT2D eigenvalue weighted by atomic mass is 32.2. The molecule has 2 aliphatic heterocycles. The van der Waals surface area contributed by atoms with E-state index in [9.17, 15) is 19.5 Å². The summed E-state index contributed by atoms with van der Waals surface area (Å²) in [5.74, 6) is -2.17. The van der Waals surface area contributed by atoms with E-state index >= 15 is 0 Å². The summed E-state index contributed by atoms with van der Waals surface area (Å²) in [5.41, 5.74) is 3.81. The Hall–Kier alpha value is -3.09. The van der Waals surface area contributed by atoms with Crippen molar-refractivity contribution in [3.8, 4) is 0 Å².